The summed E-state index contributed by atoms with van der Waals surface area (Å²) in [5.41, 5.74) is 5.86. The van der Waals surface area contributed by atoms with Gasteiger partial charge in [0.1, 0.15) is 0 Å². The molecular formula is C13H28N2. The first-order valence-corrected chi connectivity index (χ1v) is 6.52. The summed E-state index contributed by atoms with van der Waals surface area (Å²) in [7, 11) is 0. The van der Waals surface area contributed by atoms with Crippen molar-refractivity contribution in [1.82, 2.24) is 4.90 Å². The van der Waals surface area contributed by atoms with E-state index in [2.05, 4.69) is 32.6 Å². The minimum absolute atomic E-state index is 0.660. The van der Waals surface area contributed by atoms with E-state index in [1.54, 1.807) is 0 Å². The molecule has 90 valence electrons. The predicted octanol–water partition coefficient (Wildman–Crippen LogP) is 2.48. The lowest BCUT2D eigenvalue weighted by Gasteiger charge is -2.41. The molecule has 3 atom stereocenters. The van der Waals surface area contributed by atoms with Crippen LogP contribution in [0.25, 0.3) is 0 Å². The summed E-state index contributed by atoms with van der Waals surface area (Å²) in [6, 6.07) is 1.50. The summed E-state index contributed by atoms with van der Waals surface area (Å²) in [5.74, 6) is 1.37. The molecule has 0 radical (unpaired) electrons. The molecule has 1 unspecified atom stereocenters. The van der Waals surface area contributed by atoms with Crippen molar-refractivity contribution in [3.63, 3.8) is 0 Å². The van der Waals surface area contributed by atoms with Gasteiger partial charge in [0.15, 0.2) is 0 Å². The molecule has 2 nitrogen and oxygen atoms in total. The number of hydrogen-bond donors (Lipinski definition) is 1. The normalized spacial score (nSPS) is 30.8. The molecule has 2 N–H and O–H groups in total. The lowest BCUT2D eigenvalue weighted by molar-refractivity contribution is 0.0759. The van der Waals surface area contributed by atoms with E-state index in [1.807, 2.05) is 0 Å². The molecule has 0 spiro atoms. The highest BCUT2D eigenvalue weighted by Crippen LogP contribution is 2.24. The maximum Gasteiger partial charge on any atom is 0.00698 e. The van der Waals surface area contributed by atoms with Gasteiger partial charge in [-0.15, -0.1) is 0 Å². The second-order valence-corrected chi connectivity index (χ2v) is 5.57. The summed E-state index contributed by atoms with van der Waals surface area (Å²) in [5, 5.41) is 0. The van der Waals surface area contributed by atoms with Crippen molar-refractivity contribution in [2.24, 2.45) is 17.6 Å². The Morgan fingerprint density at radius 2 is 1.73 bits per heavy atom. The van der Waals surface area contributed by atoms with E-state index in [9.17, 15) is 0 Å². The van der Waals surface area contributed by atoms with Gasteiger partial charge in [-0.25, -0.2) is 0 Å². The Balaban J connectivity index is 2.53. The third-order valence-electron chi connectivity index (χ3n) is 4.07. The second kappa shape index (κ2) is 5.86. The zero-order chi connectivity index (χ0) is 11.4. The number of nitrogens with two attached hydrogens (primary N) is 1. The summed E-state index contributed by atoms with van der Waals surface area (Å²) in [4.78, 5) is 2.67. The highest BCUT2D eigenvalue weighted by Gasteiger charge is 2.27. The Morgan fingerprint density at radius 3 is 2.13 bits per heavy atom. The summed E-state index contributed by atoms with van der Waals surface area (Å²) >= 11 is 0. The predicted molar refractivity (Wildman–Crippen MR) is 66.9 cm³/mol. The molecule has 1 aliphatic heterocycles. The fraction of sp³-hybridized carbons (Fsp3) is 1.00. The van der Waals surface area contributed by atoms with E-state index < -0.39 is 0 Å². The Labute approximate surface area is 95.2 Å². The highest BCUT2D eigenvalue weighted by atomic mass is 15.2. The van der Waals surface area contributed by atoms with Gasteiger partial charge in [0.25, 0.3) is 0 Å². The van der Waals surface area contributed by atoms with Gasteiger partial charge < -0.3 is 5.73 Å². The van der Waals surface area contributed by atoms with Crippen LogP contribution in [0.3, 0.4) is 0 Å². The van der Waals surface area contributed by atoms with Crippen molar-refractivity contribution in [1.29, 1.82) is 0 Å². The molecule has 1 rings (SSSR count). The van der Waals surface area contributed by atoms with Gasteiger partial charge >= 0.3 is 0 Å². The number of hydrogen-bond acceptors (Lipinski definition) is 2. The van der Waals surface area contributed by atoms with Crippen LogP contribution in [0.4, 0.5) is 0 Å². The van der Waals surface area contributed by atoms with Crippen LogP contribution >= 0.6 is 0 Å². The quantitative estimate of drug-likeness (QED) is 0.776. The maximum atomic E-state index is 5.86. The Bertz CT molecular complexity index is 169. The lowest BCUT2D eigenvalue weighted by atomic mass is 9.91. The van der Waals surface area contributed by atoms with Gasteiger partial charge in [-0.3, -0.25) is 4.90 Å². The van der Waals surface area contributed by atoms with Crippen LogP contribution in [0.15, 0.2) is 0 Å². The highest BCUT2D eigenvalue weighted by molar-refractivity contribution is 4.82. The molecule has 0 amide bonds. The number of nitrogens with zero attached hydrogens (tertiary/aromatic N) is 1. The van der Waals surface area contributed by atoms with E-state index in [0.29, 0.717) is 11.8 Å². The van der Waals surface area contributed by atoms with Crippen LogP contribution in [-0.4, -0.2) is 30.1 Å². The number of rotatable bonds is 4. The van der Waals surface area contributed by atoms with E-state index in [0.717, 1.165) is 18.6 Å². The van der Waals surface area contributed by atoms with E-state index in [4.69, 9.17) is 5.73 Å². The SMILES string of the molecule is CC(C)C(CN)CN1[C@H](C)CCC[C@@H]1C. The molecule has 0 aliphatic carbocycles. The second-order valence-electron chi connectivity index (χ2n) is 5.57. The molecule has 0 aromatic carbocycles. The van der Waals surface area contributed by atoms with Crippen LogP contribution in [0.1, 0.15) is 47.0 Å². The smallest absolute Gasteiger partial charge is 0.00698 e. The van der Waals surface area contributed by atoms with Gasteiger partial charge in [-0.2, -0.15) is 0 Å². The fourth-order valence-electron chi connectivity index (χ4n) is 2.66. The Hall–Kier alpha value is -0.0800. The zero-order valence-corrected chi connectivity index (χ0v) is 10.9. The van der Waals surface area contributed by atoms with Gasteiger partial charge in [0, 0.05) is 18.6 Å². The molecule has 0 aromatic rings. The van der Waals surface area contributed by atoms with Crippen molar-refractivity contribution in [2.75, 3.05) is 13.1 Å². The molecule has 1 aliphatic rings. The van der Waals surface area contributed by atoms with Gasteiger partial charge in [-0.1, -0.05) is 20.3 Å². The molecule has 0 aromatic heterocycles. The first-order valence-electron chi connectivity index (χ1n) is 6.52. The molecule has 2 heteroatoms. The Kier molecular flexibility index (Phi) is 5.07. The number of piperidine rings is 1. The molecular weight excluding hydrogens is 184 g/mol. The van der Waals surface area contributed by atoms with E-state index in [-0.39, 0.29) is 0 Å². The average Bonchev–Trinajstić information content (AvgIpc) is 2.17. The van der Waals surface area contributed by atoms with Crippen LogP contribution in [0.2, 0.25) is 0 Å². The molecule has 1 heterocycles. The van der Waals surface area contributed by atoms with Crippen molar-refractivity contribution < 1.29 is 0 Å². The van der Waals surface area contributed by atoms with Crippen LogP contribution < -0.4 is 5.73 Å². The molecule has 0 saturated carbocycles. The summed E-state index contributed by atoms with van der Waals surface area (Å²) in [6.07, 6.45) is 4.12. The van der Waals surface area contributed by atoms with Crippen molar-refractivity contribution in [2.45, 2.75) is 59.0 Å². The molecule has 1 saturated heterocycles. The third kappa shape index (κ3) is 3.46. The van der Waals surface area contributed by atoms with Gasteiger partial charge in [0.05, 0.1) is 0 Å². The molecule has 0 bridgehead atoms. The fourth-order valence-corrected chi connectivity index (χ4v) is 2.66. The monoisotopic (exact) mass is 212 g/mol. The third-order valence-corrected chi connectivity index (χ3v) is 4.07. The summed E-state index contributed by atoms with van der Waals surface area (Å²) in [6.45, 7) is 11.3. The minimum atomic E-state index is 0.660. The van der Waals surface area contributed by atoms with Crippen LogP contribution in [0, 0.1) is 11.8 Å². The minimum Gasteiger partial charge on any atom is -0.330 e. The zero-order valence-electron chi connectivity index (χ0n) is 10.9. The Morgan fingerprint density at radius 1 is 1.20 bits per heavy atom. The first-order chi connectivity index (χ1) is 7.06. The molecule has 15 heavy (non-hydrogen) atoms. The first kappa shape index (κ1) is 13.0. The van der Waals surface area contributed by atoms with Crippen LogP contribution in [-0.2, 0) is 0 Å². The maximum absolute atomic E-state index is 5.86. The largest absolute Gasteiger partial charge is 0.330 e. The standard InChI is InChI=1S/C13H28N2/c1-10(2)13(8-14)9-15-11(3)6-5-7-12(15)4/h10-13H,5-9,14H2,1-4H3/t11-,12+,13?. The van der Waals surface area contributed by atoms with E-state index >= 15 is 0 Å². The van der Waals surface area contributed by atoms with Gasteiger partial charge in [0.2, 0.25) is 0 Å². The van der Waals surface area contributed by atoms with Crippen molar-refractivity contribution >= 4 is 0 Å². The van der Waals surface area contributed by atoms with Crippen molar-refractivity contribution in [3.8, 4) is 0 Å². The van der Waals surface area contributed by atoms with Crippen LogP contribution in [0.5, 0.6) is 0 Å². The van der Waals surface area contributed by atoms with Gasteiger partial charge in [-0.05, 0) is 45.1 Å². The topological polar surface area (TPSA) is 29.3 Å². The molecule has 1 fully saturated rings. The van der Waals surface area contributed by atoms with Crippen molar-refractivity contribution in [3.05, 3.63) is 0 Å². The number of likely N-dealkylation sites (tertiary alicyclic amines) is 1. The lowest BCUT2D eigenvalue weighted by Crippen LogP contribution is -2.47. The van der Waals surface area contributed by atoms with E-state index in [1.165, 1.54) is 25.8 Å². The average molecular weight is 212 g/mol. The summed E-state index contributed by atoms with van der Waals surface area (Å²) < 4.78 is 0.